The Morgan fingerprint density at radius 2 is 2.03 bits per heavy atom. The highest BCUT2D eigenvalue weighted by Gasteiger charge is 2.48. The molecule has 164 valence electrons. The Morgan fingerprint density at radius 1 is 1.29 bits per heavy atom. The average Bonchev–Trinajstić information content (AvgIpc) is 3.29. The predicted molar refractivity (Wildman–Crippen MR) is 107 cm³/mol. The second kappa shape index (κ2) is 8.33. The number of aliphatic hydroxyl groups excluding tert-OH is 1. The van der Waals surface area contributed by atoms with Gasteiger partial charge >= 0.3 is 13.6 Å². The van der Waals surface area contributed by atoms with Gasteiger partial charge in [-0.15, -0.1) is 0 Å². The molecule has 4 rings (SSSR count). The molecular weight excluding hydrogens is 429 g/mol. The normalized spacial score (nSPS) is 25.4. The second-order valence-electron chi connectivity index (χ2n) is 6.97. The van der Waals surface area contributed by atoms with Gasteiger partial charge in [-0.25, -0.2) is 19.7 Å². The maximum atomic E-state index is 12.6. The molecule has 5 atom stereocenters. The molecule has 0 aliphatic carbocycles. The van der Waals surface area contributed by atoms with Gasteiger partial charge in [-0.05, 0) is 12.1 Å². The predicted octanol–water partition coefficient (Wildman–Crippen LogP) is 0.724. The first kappa shape index (κ1) is 21.3. The molecule has 1 aliphatic rings. The monoisotopic (exact) mass is 449 g/mol. The van der Waals surface area contributed by atoms with Gasteiger partial charge in [-0.3, -0.25) is 9.13 Å². The lowest BCUT2D eigenvalue weighted by Gasteiger charge is -2.22. The van der Waals surface area contributed by atoms with Crippen molar-refractivity contribution in [3.05, 3.63) is 48.5 Å². The average molecular weight is 449 g/mol. The highest BCUT2D eigenvalue weighted by molar-refractivity contribution is 7.51. The molecule has 0 radical (unpaired) electrons. The van der Waals surface area contributed by atoms with Gasteiger partial charge in [0.2, 0.25) is 0 Å². The Labute approximate surface area is 176 Å². The van der Waals surface area contributed by atoms with Crippen molar-refractivity contribution in [1.29, 1.82) is 0 Å². The molecule has 0 spiro atoms. The van der Waals surface area contributed by atoms with Crippen molar-refractivity contribution in [2.45, 2.75) is 24.5 Å². The van der Waals surface area contributed by atoms with E-state index in [4.69, 9.17) is 19.7 Å². The van der Waals surface area contributed by atoms with Crippen molar-refractivity contribution in [3.63, 3.8) is 0 Å². The number of carbonyl (C=O) groups is 1. The van der Waals surface area contributed by atoms with Gasteiger partial charge in [0.05, 0.1) is 18.5 Å². The van der Waals surface area contributed by atoms with Gasteiger partial charge in [-0.2, -0.15) is 0 Å². The quantitative estimate of drug-likeness (QED) is 0.358. The molecule has 2 unspecified atom stereocenters. The molecular formula is C18H20N5O7P. The number of imidazole rings is 1. The van der Waals surface area contributed by atoms with Gasteiger partial charge in [0.1, 0.15) is 24.1 Å². The Balaban J connectivity index is 1.66. The molecule has 1 saturated heterocycles. The third-order valence-electron chi connectivity index (χ3n) is 4.70. The zero-order valence-electron chi connectivity index (χ0n) is 16.3. The molecule has 1 aliphatic heterocycles. The number of hydrogen-bond donors (Lipinski definition) is 3. The van der Waals surface area contributed by atoms with E-state index in [-0.39, 0.29) is 11.4 Å². The summed E-state index contributed by atoms with van der Waals surface area (Å²) in [6.07, 6.45) is -2.05. The van der Waals surface area contributed by atoms with Gasteiger partial charge in [0.25, 0.3) is 0 Å². The third kappa shape index (κ3) is 4.43. The number of anilines is 1. The smallest absolute Gasteiger partial charge is 0.338 e. The van der Waals surface area contributed by atoms with Crippen molar-refractivity contribution < 1.29 is 33.4 Å². The van der Waals surface area contributed by atoms with Crippen molar-refractivity contribution in [3.8, 4) is 0 Å². The molecule has 2 aromatic heterocycles. The number of nitrogen functional groups attached to an aromatic ring is 1. The van der Waals surface area contributed by atoms with Gasteiger partial charge in [-0.1, -0.05) is 18.2 Å². The molecule has 0 bridgehead atoms. The summed E-state index contributed by atoms with van der Waals surface area (Å²) in [5.74, 6) is -0.533. The minimum absolute atomic E-state index is 0.146. The summed E-state index contributed by atoms with van der Waals surface area (Å²) in [4.78, 5) is 34.2. The van der Waals surface area contributed by atoms with Crippen LogP contribution in [0.1, 0.15) is 16.6 Å². The number of hydrogen-bond acceptors (Lipinski definition) is 10. The maximum absolute atomic E-state index is 12.6. The van der Waals surface area contributed by atoms with Crippen molar-refractivity contribution in [2.24, 2.45) is 0 Å². The van der Waals surface area contributed by atoms with E-state index in [1.807, 2.05) is 0 Å². The summed E-state index contributed by atoms with van der Waals surface area (Å²) in [7, 11) is -3.82. The lowest BCUT2D eigenvalue weighted by Crippen LogP contribution is -2.37. The molecule has 3 heterocycles. The van der Waals surface area contributed by atoms with Crippen LogP contribution in [0.2, 0.25) is 0 Å². The van der Waals surface area contributed by atoms with Crippen LogP contribution in [0.25, 0.3) is 11.2 Å². The van der Waals surface area contributed by atoms with Crippen LogP contribution in [-0.4, -0.2) is 67.1 Å². The van der Waals surface area contributed by atoms with Crippen LogP contribution in [0, 0.1) is 0 Å². The Kier molecular flexibility index (Phi) is 5.73. The molecule has 13 heteroatoms. The van der Waals surface area contributed by atoms with Crippen LogP contribution < -0.4 is 5.73 Å². The van der Waals surface area contributed by atoms with Crippen LogP contribution in [0.15, 0.2) is 43.0 Å². The number of nitrogens with zero attached hydrogens (tertiary/aromatic N) is 4. The molecule has 31 heavy (non-hydrogen) atoms. The Hall–Kier alpha value is -2.89. The topological polar surface area (TPSA) is 172 Å². The highest BCUT2D eigenvalue weighted by Crippen LogP contribution is 2.40. The third-order valence-corrected chi connectivity index (χ3v) is 5.33. The fraction of sp³-hybridized carbons (Fsp3) is 0.333. The summed E-state index contributed by atoms with van der Waals surface area (Å²) in [5.41, 5.74) is 6.72. The number of benzene rings is 1. The highest BCUT2D eigenvalue weighted by atomic mass is 31.2. The van der Waals surface area contributed by atoms with Crippen LogP contribution in [0.5, 0.6) is 0 Å². The summed E-state index contributed by atoms with van der Waals surface area (Å²) in [5, 5.41) is 10.8. The SMILES string of the molecule is CP(=O)(O)OC[C@H]1O[C@@H](n2cnc3c(N)ncnc32)C(OC(=O)c2ccccc2)[C@H]1O. The molecule has 0 saturated carbocycles. The van der Waals surface area contributed by atoms with Crippen molar-refractivity contribution in [2.75, 3.05) is 19.0 Å². The van der Waals surface area contributed by atoms with E-state index in [1.165, 1.54) is 17.2 Å². The van der Waals surface area contributed by atoms with Gasteiger partial charge < -0.3 is 29.7 Å². The summed E-state index contributed by atoms with van der Waals surface area (Å²) >= 11 is 0. The van der Waals surface area contributed by atoms with E-state index < -0.39 is 44.7 Å². The number of ether oxygens (including phenoxy) is 2. The molecule has 3 aromatic rings. The van der Waals surface area contributed by atoms with Gasteiger partial charge in [0.15, 0.2) is 23.8 Å². The number of aliphatic hydroxyl groups is 1. The van der Waals surface area contributed by atoms with Crippen LogP contribution >= 0.6 is 7.60 Å². The molecule has 1 aromatic carbocycles. The van der Waals surface area contributed by atoms with E-state index in [0.29, 0.717) is 11.2 Å². The van der Waals surface area contributed by atoms with E-state index in [1.54, 1.807) is 30.3 Å². The molecule has 4 N–H and O–H groups in total. The van der Waals surface area contributed by atoms with Crippen LogP contribution in [0.4, 0.5) is 5.82 Å². The lowest BCUT2D eigenvalue weighted by molar-refractivity contribution is -0.0545. The molecule has 12 nitrogen and oxygen atoms in total. The maximum Gasteiger partial charge on any atom is 0.338 e. The lowest BCUT2D eigenvalue weighted by atomic mass is 10.1. The summed E-state index contributed by atoms with van der Waals surface area (Å²) < 4.78 is 29.3. The first-order valence-corrected chi connectivity index (χ1v) is 11.2. The summed E-state index contributed by atoms with van der Waals surface area (Å²) in [6.45, 7) is 0.618. The Morgan fingerprint density at radius 3 is 2.74 bits per heavy atom. The first-order chi connectivity index (χ1) is 14.7. The number of fused-ring (bicyclic) bond motifs is 1. The minimum atomic E-state index is -3.82. The zero-order chi connectivity index (χ0) is 22.2. The van der Waals surface area contributed by atoms with Crippen LogP contribution in [0.3, 0.4) is 0 Å². The first-order valence-electron chi connectivity index (χ1n) is 9.22. The van der Waals surface area contributed by atoms with E-state index in [9.17, 15) is 19.4 Å². The zero-order valence-corrected chi connectivity index (χ0v) is 17.2. The van der Waals surface area contributed by atoms with E-state index in [0.717, 1.165) is 6.66 Å². The number of rotatable bonds is 6. The fourth-order valence-electron chi connectivity index (χ4n) is 3.24. The summed E-state index contributed by atoms with van der Waals surface area (Å²) in [6, 6.07) is 8.24. The van der Waals surface area contributed by atoms with Gasteiger partial charge in [0, 0.05) is 6.66 Å². The largest absolute Gasteiger partial charge is 0.451 e. The number of nitrogens with two attached hydrogens (primary N) is 1. The molecule has 1 fully saturated rings. The number of esters is 1. The van der Waals surface area contributed by atoms with E-state index >= 15 is 0 Å². The standard InChI is InChI=1S/C18H20N5O7P/c1-31(26,27)28-7-11-13(24)14(30-18(25)10-5-3-2-4-6-10)17(29-11)23-9-22-12-15(19)20-8-21-16(12)23/h2-6,8-9,11,13-14,17,24H,7H2,1H3,(H,26,27)(H2,19,20,21)/t11-,13+,14?,17-/m1/s1. The van der Waals surface area contributed by atoms with Crippen molar-refractivity contribution >= 4 is 30.5 Å². The van der Waals surface area contributed by atoms with Crippen molar-refractivity contribution in [1.82, 2.24) is 19.5 Å². The second-order valence-corrected chi connectivity index (χ2v) is 8.84. The number of carbonyl (C=O) groups excluding carboxylic acids is 1. The fourth-order valence-corrected chi connectivity index (χ4v) is 3.66. The number of aromatic nitrogens is 4. The van der Waals surface area contributed by atoms with Crippen LogP contribution in [-0.2, 0) is 18.6 Å². The minimum Gasteiger partial charge on any atom is -0.451 e. The Bertz CT molecular complexity index is 1130. The van der Waals surface area contributed by atoms with E-state index in [2.05, 4.69) is 15.0 Å². The molecule has 0 amide bonds.